The summed E-state index contributed by atoms with van der Waals surface area (Å²) < 4.78 is 0. The molecule has 2 amide bonds. The van der Waals surface area contributed by atoms with Crippen LogP contribution in [0.5, 0.6) is 0 Å². The third-order valence-electron chi connectivity index (χ3n) is 6.13. The molecule has 0 unspecified atom stereocenters. The summed E-state index contributed by atoms with van der Waals surface area (Å²) in [5, 5.41) is 0. The lowest BCUT2D eigenvalue weighted by Gasteiger charge is -2.37. The Morgan fingerprint density at radius 1 is 1.00 bits per heavy atom. The molecule has 4 rings (SSSR count). The zero-order valence-electron chi connectivity index (χ0n) is 15.7. The van der Waals surface area contributed by atoms with Crippen molar-refractivity contribution in [3.8, 4) is 0 Å². The van der Waals surface area contributed by atoms with Crippen LogP contribution in [0.15, 0.2) is 18.2 Å². The van der Waals surface area contributed by atoms with Gasteiger partial charge in [0.25, 0.3) is 5.91 Å². The molecule has 3 saturated heterocycles. The Hall–Kier alpha value is -2.04. The van der Waals surface area contributed by atoms with Gasteiger partial charge in [0.1, 0.15) is 0 Å². The van der Waals surface area contributed by atoms with Gasteiger partial charge in [-0.2, -0.15) is 0 Å². The zero-order valence-corrected chi connectivity index (χ0v) is 15.7. The highest BCUT2D eigenvalue weighted by Crippen LogP contribution is 2.29. The Bertz CT molecular complexity index is 688. The molecule has 1 aromatic carbocycles. The minimum Gasteiger partial charge on any atom is -0.371 e. The number of anilines is 1. The number of nitrogens with zero attached hydrogens (tertiary/aromatic N) is 3. The quantitative estimate of drug-likeness (QED) is 0.837. The lowest BCUT2D eigenvalue weighted by Crippen LogP contribution is -2.47. The molecular weight excluding hydrogens is 326 g/mol. The average molecular weight is 355 g/mol. The van der Waals surface area contributed by atoms with Gasteiger partial charge in [0, 0.05) is 50.9 Å². The molecule has 3 heterocycles. The second-order valence-electron chi connectivity index (χ2n) is 7.93. The van der Waals surface area contributed by atoms with E-state index in [1.54, 1.807) is 0 Å². The molecule has 3 fully saturated rings. The molecule has 0 aliphatic carbocycles. The summed E-state index contributed by atoms with van der Waals surface area (Å²) >= 11 is 0. The predicted octanol–water partition coefficient (Wildman–Crippen LogP) is 2.82. The average Bonchev–Trinajstić information content (AvgIpc) is 3.33. The maximum absolute atomic E-state index is 13.2. The Balaban J connectivity index is 1.47. The van der Waals surface area contributed by atoms with Gasteiger partial charge in [-0.05, 0) is 51.2 Å². The molecule has 140 valence electrons. The van der Waals surface area contributed by atoms with Crippen molar-refractivity contribution in [3.05, 3.63) is 29.3 Å². The molecule has 5 nitrogen and oxygen atoms in total. The largest absolute Gasteiger partial charge is 0.371 e. The molecule has 26 heavy (non-hydrogen) atoms. The summed E-state index contributed by atoms with van der Waals surface area (Å²) in [5.74, 6) is 0.451. The number of rotatable bonds is 3. The van der Waals surface area contributed by atoms with Crippen LogP contribution in [0.25, 0.3) is 0 Å². The Kier molecular flexibility index (Phi) is 4.88. The normalized spacial score (nSPS) is 21.7. The fourth-order valence-corrected chi connectivity index (χ4v) is 4.66. The van der Waals surface area contributed by atoms with Crippen molar-refractivity contribution in [2.24, 2.45) is 0 Å². The van der Waals surface area contributed by atoms with Crippen LogP contribution in [0.1, 0.15) is 54.4 Å². The van der Waals surface area contributed by atoms with E-state index in [1.165, 1.54) is 12.8 Å². The van der Waals surface area contributed by atoms with E-state index in [9.17, 15) is 9.59 Å². The van der Waals surface area contributed by atoms with Crippen molar-refractivity contribution in [1.29, 1.82) is 0 Å². The molecule has 0 spiro atoms. The number of carbonyl (C=O) groups excluding carboxylic acids is 2. The highest BCUT2D eigenvalue weighted by molar-refractivity contribution is 6.00. The molecule has 0 aromatic heterocycles. The van der Waals surface area contributed by atoms with Crippen molar-refractivity contribution in [2.75, 3.05) is 37.6 Å². The van der Waals surface area contributed by atoms with E-state index in [1.807, 2.05) is 15.9 Å². The van der Waals surface area contributed by atoms with Crippen molar-refractivity contribution in [1.82, 2.24) is 9.80 Å². The standard InChI is InChI=1S/C21H29N3O2/c1-16-6-7-19(22-10-2-3-11-22)18(15-16)21(26)23-13-8-17(9-14-23)24-12-4-5-20(24)25/h6-7,15,17H,2-5,8-14H2,1H3. The van der Waals surface area contributed by atoms with Gasteiger partial charge in [-0.1, -0.05) is 11.6 Å². The first kappa shape index (κ1) is 17.4. The molecule has 0 bridgehead atoms. The smallest absolute Gasteiger partial charge is 0.255 e. The number of likely N-dealkylation sites (tertiary alicyclic amines) is 2. The Morgan fingerprint density at radius 3 is 2.38 bits per heavy atom. The molecule has 1 aromatic rings. The van der Waals surface area contributed by atoms with Crippen molar-refractivity contribution < 1.29 is 9.59 Å². The summed E-state index contributed by atoms with van der Waals surface area (Å²) in [5.41, 5.74) is 3.08. The van der Waals surface area contributed by atoms with Crippen LogP contribution in [0.2, 0.25) is 0 Å². The van der Waals surface area contributed by atoms with Gasteiger partial charge in [0.2, 0.25) is 5.91 Å². The van der Waals surface area contributed by atoms with Gasteiger partial charge in [-0.3, -0.25) is 9.59 Å². The van der Waals surface area contributed by atoms with E-state index in [0.717, 1.165) is 68.8 Å². The molecular formula is C21H29N3O2. The Labute approximate surface area is 155 Å². The van der Waals surface area contributed by atoms with Crippen molar-refractivity contribution in [2.45, 2.75) is 51.5 Å². The van der Waals surface area contributed by atoms with Crippen LogP contribution < -0.4 is 4.90 Å². The second kappa shape index (κ2) is 7.29. The van der Waals surface area contributed by atoms with E-state index in [0.29, 0.717) is 18.4 Å². The van der Waals surface area contributed by atoms with E-state index in [4.69, 9.17) is 0 Å². The highest BCUT2D eigenvalue weighted by atomic mass is 16.2. The summed E-state index contributed by atoms with van der Waals surface area (Å²) in [6.07, 6.45) is 5.90. The molecule has 5 heteroatoms. The van der Waals surface area contributed by atoms with Gasteiger partial charge >= 0.3 is 0 Å². The third-order valence-corrected chi connectivity index (χ3v) is 6.13. The van der Waals surface area contributed by atoms with Crippen LogP contribution in [0.4, 0.5) is 5.69 Å². The van der Waals surface area contributed by atoms with Crippen LogP contribution in [0.3, 0.4) is 0 Å². The van der Waals surface area contributed by atoms with Gasteiger partial charge in [0.05, 0.1) is 5.56 Å². The summed E-state index contributed by atoms with van der Waals surface area (Å²) in [7, 11) is 0. The fourth-order valence-electron chi connectivity index (χ4n) is 4.66. The fraction of sp³-hybridized carbons (Fsp3) is 0.619. The van der Waals surface area contributed by atoms with Crippen molar-refractivity contribution >= 4 is 17.5 Å². The van der Waals surface area contributed by atoms with Crippen LogP contribution >= 0.6 is 0 Å². The number of piperidine rings is 1. The van der Waals surface area contributed by atoms with Crippen LogP contribution in [-0.2, 0) is 4.79 Å². The molecule has 3 aliphatic heterocycles. The maximum atomic E-state index is 13.2. The molecule has 0 atom stereocenters. The SMILES string of the molecule is Cc1ccc(N2CCCC2)c(C(=O)N2CCC(N3CCCC3=O)CC2)c1. The summed E-state index contributed by atoms with van der Waals surface area (Å²) in [4.78, 5) is 31.6. The summed E-state index contributed by atoms with van der Waals surface area (Å²) in [6, 6.07) is 6.59. The zero-order chi connectivity index (χ0) is 18.1. The number of amides is 2. The van der Waals surface area contributed by atoms with Gasteiger partial charge in [-0.15, -0.1) is 0 Å². The van der Waals surface area contributed by atoms with E-state index in [-0.39, 0.29) is 5.91 Å². The minimum atomic E-state index is 0.154. The number of carbonyl (C=O) groups is 2. The van der Waals surface area contributed by atoms with Gasteiger partial charge in [0.15, 0.2) is 0 Å². The van der Waals surface area contributed by atoms with Gasteiger partial charge in [-0.25, -0.2) is 0 Å². The number of hydrogen-bond donors (Lipinski definition) is 0. The lowest BCUT2D eigenvalue weighted by molar-refractivity contribution is -0.130. The lowest BCUT2D eigenvalue weighted by atomic mass is 10.0. The first-order valence-corrected chi connectivity index (χ1v) is 10.1. The number of benzene rings is 1. The number of aryl methyl sites for hydroxylation is 1. The van der Waals surface area contributed by atoms with Crippen LogP contribution in [-0.4, -0.2) is 60.4 Å². The molecule has 0 saturated carbocycles. The highest BCUT2D eigenvalue weighted by Gasteiger charge is 2.33. The Morgan fingerprint density at radius 2 is 1.73 bits per heavy atom. The first-order valence-electron chi connectivity index (χ1n) is 10.1. The molecule has 0 N–H and O–H groups in total. The second-order valence-corrected chi connectivity index (χ2v) is 7.93. The third kappa shape index (κ3) is 3.31. The summed E-state index contributed by atoms with van der Waals surface area (Å²) in [6.45, 7) is 6.54. The van der Waals surface area contributed by atoms with E-state index < -0.39 is 0 Å². The molecule has 0 radical (unpaired) electrons. The maximum Gasteiger partial charge on any atom is 0.255 e. The number of hydrogen-bond acceptors (Lipinski definition) is 3. The van der Waals surface area contributed by atoms with Crippen molar-refractivity contribution in [3.63, 3.8) is 0 Å². The predicted molar refractivity (Wildman–Crippen MR) is 102 cm³/mol. The van der Waals surface area contributed by atoms with Crippen LogP contribution in [0, 0.1) is 6.92 Å². The van der Waals surface area contributed by atoms with Gasteiger partial charge < -0.3 is 14.7 Å². The topological polar surface area (TPSA) is 43.9 Å². The monoisotopic (exact) mass is 355 g/mol. The van der Waals surface area contributed by atoms with E-state index in [2.05, 4.69) is 24.0 Å². The first-order chi connectivity index (χ1) is 12.6. The van der Waals surface area contributed by atoms with E-state index >= 15 is 0 Å². The minimum absolute atomic E-state index is 0.154. The molecule has 3 aliphatic rings.